The Labute approximate surface area is 787 Å². The lowest BCUT2D eigenvalue weighted by molar-refractivity contribution is -0.126. The van der Waals surface area contributed by atoms with Crippen LogP contribution in [0.4, 0.5) is 0 Å². The molecule has 0 saturated carbocycles. The number of benzene rings is 5. The van der Waals surface area contributed by atoms with Crippen LogP contribution in [0.5, 0.6) is 11.5 Å². The van der Waals surface area contributed by atoms with Crippen molar-refractivity contribution in [3.63, 3.8) is 0 Å². The number of carbonyl (C=O) groups excluding carboxylic acids is 5. The number of aromatic nitrogens is 3. The molecule has 13 nitrogen and oxygen atoms in total. The molecule has 8 rings (SSSR count). The average Bonchev–Trinajstić information content (AvgIpc) is 0.842. The highest BCUT2D eigenvalue weighted by Gasteiger charge is 2.28. The first-order valence-corrected chi connectivity index (χ1v) is 46.4. The minimum atomic E-state index is -0.291. The fourth-order valence-corrected chi connectivity index (χ4v) is 11.6. The second kappa shape index (κ2) is 46.3. The number of ketones is 2. The van der Waals surface area contributed by atoms with Gasteiger partial charge < -0.3 is 25.4 Å². The topological polar surface area (TPSA) is 179 Å². The monoisotopic (exact) mass is 1770 g/mol. The lowest BCUT2D eigenvalue weighted by Gasteiger charge is -2.23. The van der Waals surface area contributed by atoms with Crippen LogP contribution in [0.15, 0.2) is 176 Å². The van der Waals surface area contributed by atoms with Crippen LogP contribution in [0.1, 0.15) is 425 Å². The van der Waals surface area contributed by atoms with E-state index in [0.29, 0.717) is 35.6 Å². The van der Waals surface area contributed by atoms with Crippen LogP contribution in [0.2, 0.25) is 0 Å². The second-order valence-corrected chi connectivity index (χ2v) is 50.8. The van der Waals surface area contributed by atoms with Gasteiger partial charge in [0.2, 0.25) is 0 Å². The van der Waals surface area contributed by atoms with Gasteiger partial charge in [-0.05, 0) is 259 Å². The van der Waals surface area contributed by atoms with Gasteiger partial charge in [0, 0.05) is 92.2 Å². The first-order valence-electron chi connectivity index (χ1n) is 46.4. The number of ether oxygens (including phenoxy) is 2. The third-order valence-corrected chi connectivity index (χ3v) is 19.8. The lowest BCUT2D eigenvalue weighted by Crippen LogP contribution is -2.41. The molecule has 3 amide bonds. The zero-order valence-corrected chi connectivity index (χ0v) is 90.4. The summed E-state index contributed by atoms with van der Waals surface area (Å²) in [6, 6.07) is 52.7. The van der Waals surface area contributed by atoms with E-state index in [4.69, 9.17) is 9.47 Å². The maximum Gasteiger partial charge on any atom is 0.270 e. The van der Waals surface area contributed by atoms with Crippen molar-refractivity contribution in [2.24, 2.45) is 10.8 Å². The summed E-state index contributed by atoms with van der Waals surface area (Å²) in [6.45, 7) is 101. The van der Waals surface area contributed by atoms with Gasteiger partial charge in [-0.2, -0.15) is 0 Å². The van der Waals surface area contributed by atoms with E-state index in [-0.39, 0.29) is 111 Å². The minimum Gasteiger partial charge on any atom is -0.488 e. The molecule has 0 aliphatic rings. The molecule has 0 unspecified atom stereocenters. The number of hydrogen-bond donors (Lipinski definition) is 3. The third kappa shape index (κ3) is 49.1. The molecule has 129 heavy (non-hydrogen) atoms. The molecular formula is C116H180N6O7. The Morgan fingerprint density at radius 3 is 0.837 bits per heavy atom. The van der Waals surface area contributed by atoms with Gasteiger partial charge in [0.05, 0.1) is 0 Å². The van der Waals surface area contributed by atoms with E-state index < -0.39 is 0 Å². The summed E-state index contributed by atoms with van der Waals surface area (Å²) < 4.78 is 11.5. The van der Waals surface area contributed by atoms with E-state index in [2.05, 4.69) is 285 Å². The van der Waals surface area contributed by atoms with Crippen molar-refractivity contribution in [2.75, 3.05) is 0 Å². The normalized spacial score (nSPS) is 12.6. The highest BCUT2D eigenvalue weighted by Crippen LogP contribution is 2.33. The number of nitrogens with one attached hydrogen (secondary N) is 3. The van der Waals surface area contributed by atoms with Crippen molar-refractivity contribution in [3.05, 3.63) is 255 Å². The first kappa shape index (κ1) is 118. The SMILES string of the molecule is CC(C)(C)C(=O)Cc1cccc(C(C)(C)C)c1.CC(C)(C)NC(=O)c1cc(C(C)(C)C)ccn1.CC(C)(C)NC(=O)c1cccc(C(C)(C)C)c1.CC(C)(C)NC(=O)c1cccc(OC(C)(C)C)c1.CC(C)(C)Oc1cccc(CC(=O)C(C)(C)C)c1.CC(C)(C)c1ccc(C(C)(C)C)cc1.CC(C)(C)c1ccc(C(C)(C)C)nc1.CC(C)(C)c1ccc(C(C)(C)C)nc1. The molecule has 0 aliphatic carbocycles. The van der Waals surface area contributed by atoms with Gasteiger partial charge in [-0.25, -0.2) is 0 Å². The maximum atomic E-state index is 12.0. The van der Waals surface area contributed by atoms with E-state index in [1.165, 1.54) is 33.4 Å². The van der Waals surface area contributed by atoms with Gasteiger partial charge in [0.1, 0.15) is 40.0 Å². The van der Waals surface area contributed by atoms with E-state index in [1.54, 1.807) is 18.3 Å². The molecule has 0 atom stereocenters. The smallest absolute Gasteiger partial charge is 0.270 e. The molecule has 5 aromatic carbocycles. The van der Waals surface area contributed by atoms with Gasteiger partial charge in [-0.15, -0.1) is 0 Å². The number of rotatable bonds is 9. The standard InChI is InChI=1S/C16H24O2.C16H24O.C15H23NO2.C15H23NO.C14H22N2O.C14H22.2C13H21N/c1-15(2,3)14(17)11-12-8-7-9-13(10-12)18-16(4,5)6;1-15(2,3)13-9-7-8-12(10-13)11-14(17)16(4,5)6;1-14(2,3)16-13(17)11-8-7-9-12(10-11)18-15(4,5)6;1-14(2,3)12-9-7-8-11(10-12)13(17)16-15(4,5)6;1-13(2,3)10-7-8-15-11(9-10)12(17)16-14(4,5)6;1-13(2,3)11-7-9-12(10-8-11)14(4,5)6;2*1-12(2,3)10-7-8-11(14-9-10)13(4,5)6/h7-10H,11H2,1-6H3;7-10H,11H2,1-6H3;7-10H,1-6H3,(H,16,17);7-10H,1-6H3,(H,16,17);7-9H,1-6H3,(H,16,17);7-10H,1-6H3;2*7-9H,1-6H3. The van der Waals surface area contributed by atoms with Crippen molar-refractivity contribution in [2.45, 2.75) is 422 Å². The van der Waals surface area contributed by atoms with Crippen molar-refractivity contribution < 1.29 is 33.4 Å². The molecule has 0 saturated heterocycles. The molecule has 3 heterocycles. The maximum absolute atomic E-state index is 12.0. The summed E-state index contributed by atoms with van der Waals surface area (Å²) in [5, 5.41) is 8.82. The number of carbonyl (C=O) groups is 5. The largest absolute Gasteiger partial charge is 0.488 e. The Kier molecular flexibility index (Phi) is 42.3. The molecule has 3 N–H and O–H groups in total. The van der Waals surface area contributed by atoms with E-state index in [0.717, 1.165) is 39.4 Å². The highest BCUT2D eigenvalue weighted by atomic mass is 16.5. The summed E-state index contributed by atoms with van der Waals surface area (Å²) >= 11 is 0. The van der Waals surface area contributed by atoms with Gasteiger partial charge in [0.25, 0.3) is 17.7 Å². The molecule has 13 heteroatoms. The van der Waals surface area contributed by atoms with E-state index in [9.17, 15) is 24.0 Å². The van der Waals surface area contributed by atoms with Crippen LogP contribution in [-0.4, -0.2) is 72.1 Å². The second-order valence-electron chi connectivity index (χ2n) is 50.8. The Morgan fingerprint density at radius 2 is 0.535 bits per heavy atom. The molecule has 0 bridgehead atoms. The molecule has 0 fully saturated rings. The van der Waals surface area contributed by atoms with Crippen LogP contribution < -0.4 is 25.4 Å². The Bertz CT molecular complexity index is 4450. The summed E-state index contributed by atoms with van der Waals surface area (Å²) in [4.78, 5) is 73.1. The van der Waals surface area contributed by atoms with Crippen molar-refractivity contribution >= 4 is 29.3 Å². The summed E-state index contributed by atoms with van der Waals surface area (Å²) in [7, 11) is 0. The predicted molar refractivity (Wildman–Crippen MR) is 552 cm³/mol. The Balaban J connectivity index is 0.000000738. The van der Waals surface area contributed by atoms with Crippen LogP contribution in [0.3, 0.4) is 0 Å². The van der Waals surface area contributed by atoms with E-state index >= 15 is 0 Å². The van der Waals surface area contributed by atoms with Crippen LogP contribution in [-0.2, 0) is 71.2 Å². The van der Waals surface area contributed by atoms with Crippen molar-refractivity contribution in [1.82, 2.24) is 30.9 Å². The summed E-state index contributed by atoms with van der Waals surface area (Å²) in [6.07, 6.45) is 6.69. The van der Waals surface area contributed by atoms with Gasteiger partial charge >= 0.3 is 0 Å². The predicted octanol–water partition coefficient (Wildman–Crippen LogP) is 29.6. The minimum absolute atomic E-state index is 0.0106. The van der Waals surface area contributed by atoms with Gasteiger partial charge in [-0.3, -0.25) is 38.9 Å². The van der Waals surface area contributed by atoms with Crippen molar-refractivity contribution in [1.29, 1.82) is 0 Å². The molecular weight excluding hydrogens is 1590 g/mol. The van der Waals surface area contributed by atoms with E-state index in [1.807, 2.05) is 237 Å². The number of hydrogen-bond acceptors (Lipinski definition) is 10. The summed E-state index contributed by atoms with van der Waals surface area (Å²) in [5.74, 6) is 1.86. The molecule has 8 aromatic rings. The molecule has 0 aliphatic heterocycles. The number of Topliss-reactive ketones (excluding diaryl/α,β-unsaturated/α-hetero) is 2. The van der Waals surface area contributed by atoms with Crippen molar-refractivity contribution in [3.8, 4) is 11.5 Å². The lowest BCUT2D eigenvalue weighted by atomic mass is 9.82. The zero-order valence-electron chi connectivity index (χ0n) is 90.4. The molecule has 716 valence electrons. The number of nitrogens with zero attached hydrogens (tertiary/aromatic N) is 3. The zero-order chi connectivity index (χ0) is 101. The Hall–Kier alpha value is -9.10. The van der Waals surface area contributed by atoms with Crippen LogP contribution in [0.25, 0.3) is 0 Å². The van der Waals surface area contributed by atoms with Crippen LogP contribution in [0, 0.1) is 10.8 Å². The average molecular weight is 1770 g/mol. The first-order chi connectivity index (χ1) is 57.6. The molecule has 3 aromatic heterocycles. The fraction of sp³-hybridized carbons (Fsp3) is 0.569. The highest BCUT2D eigenvalue weighted by molar-refractivity contribution is 5.96. The summed E-state index contributed by atoms with van der Waals surface area (Å²) in [5.41, 5.74) is 15.0. The van der Waals surface area contributed by atoms with Gasteiger partial charge in [0.15, 0.2) is 0 Å². The molecule has 0 radical (unpaired) electrons. The number of pyridine rings is 3. The Morgan fingerprint density at radius 1 is 0.256 bits per heavy atom. The fourth-order valence-electron chi connectivity index (χ4n) is 11.6. The van der Waals surface area contributed by atoms with Gasteiger partial charge in [-0.1, -0.05) is 319 Å². The molecule has 0 spiro atoms. The van der Waals surface area contributed by atoms with Crippen LogP contribution >= 0.6 is 0 Å². The third-order valence-electron chi connectivity index (χ3n) is 19.8. The number of amides is 3. The quantitative estimate of drug-likeness (QED) is 0.126.